The fourth-order valence-electron chi connectivity index (χ4n) is 1.93. The Labute approximate surface area is 109 Å². The molecule has 2 heterocycles. The number of ether oxygens (including phenoxy) is 1. The molecule has 2 aromatic rings. The van der Waals surface area contributed by atoms with Gasteiger partial charge in [0.15, 0.2) is 11.2 Å². The van der Waals surface area contributed by atoms with Crippen molar-refractivity contribution in [3.05, 3.63) is 40.9 Å². The number of rotatable bonds is 2. The Morgan fingerprint density at radius 1 is 1.50 bits per heavy atom. The zero-order chi connectivity index (χ0) is 12.5. The normalized spacial score (nSPS) is 17.1. The van der Waals surface area contributed by atoms with Crippen LogP contribution in [0, 0.1) is 6.92 Å². The summed E-state index contributed by atoms with van der Waals surface area (Å²) in [6, 6.07) is 7.72. The number of carbonyl (C=O) groups excluding carboxylic acids is 1. The molecule has 0 saturated heterocycles. The third-order valence-corrected chi connectivity index (χ3v) is 3.66. The third kappa shape index (κ3) is 2.09. The first-order chi connectivity index (χ1) is 8.72. The van der Waals surface area contributed by atoms with Crippen LogP contribution < -0.4 is 10.1 Å². The minimum absolute atomic E-state index is 0.138. The molecular formula is C13H12N2O2S. The molecule has 0 fully saturated rings. The summed E-state index contributed by atoms with van der Waals surface area (Å²) in [6.07, 6.45) is 0.165. The van der Waals surface area contributed by atoms with Crippen molar-refractivity contribution in [3.63, 3.8) is 0 Å². The van der Waals surface area contributed by atoms with Crippen molar-refractivity contribution >= 4 is 22.4 Å². The number of aromatic nitrogens is 1. The number of para-hydroxylation sites is 1. The van der Waals surface area contributed by atoms with Gasteiger partial charge in [-0.2, -0.15) is 0 Å². The Morgan fingerprint density at radius 2 is 2.33 bits per heavy atom. The summed E-state index contributed by atoms with van der Waals surface area (Å²) in [6.45, 7) is 1.90. The third-order valence-electron chi connectivity index (χ3n) is 2.79. The lowest BCUT2D eigenvalue weighted by Gasteiger charge is -2.09. The predicted octanol–water partition coefficient (Wildman–Crippen LogP) is 2.39. The molecule has 1 aliphatic heterocycles. The average Bonchev–Trinajstić information content (AvgIpc) is 2.95. The van der Waals surface area contributed by atoms with Crippen LogP contribution in [0.5, 0.6) is 5.75 Å². The number of aryl methyl sites for hydroxylation is 1. The zero-order valence-electron chi connectivity index (χ0n) is 9.84. The number of thiazole rings is 1. The first-order valence-electron chi connectivity index (χ1n) is 5.70. The number of benzene rings is 1. The van der Waals surface area contributed by atoms with Crippen molar-refractivity contribution in [2.75, 3.05) is 5.32 Å². The Kier molecular flexibility index (Phi) is 2.76. The van der Waals surface area contributed by atoms with Crippen molar-refractivity contribution in [2.45, 2.75) is 19.4 Å². The van der Waals surface area contributed by atoms with Crippen LogP contribution in [0.2, 0.25) is 0 Å². The summed E-state index contributed by atoms with van der Waals surface area (Å²) in [7, 11) is 0. The van der Waals surface area contributed by atoms with Gasteiger partial charge >= 0.3 is 0 Å². The fourth-order valence-corrected chi connectivity index (χ4v) is 2.62. The maximum absolute atomic E-state index is 12.0. The van der Waals surface area contributed by atoms with Crippen molar-refractivity contribution in [3.8, 4) is 5.75 Å². The van der Waals surface area contributed by atoms with Gasteiger partial charge < -0.3 is 4.74 Å². The monoisotopic (exact) mass is 260 g/mol. The lowest BCUT2D eigenvalue weighted by atomic mass is 10.1. The molecule has 0 aliphatic carbocycles. The number of amides is 1. The fraction of sp³-hybridized carbons (Fsp3) is 0.231. The zero-order valence-corrected chi connectivity index (χ0v) is 10.7. The van der Waals surface area contributed by atoms with Crippen LogP contribution in [-0.4, -0.2) is 17.0 Å². The Hall–Kier alpha value is -1.88. The van der Waals surface area contributed by atoms with Gasteiger partial charge in [-0.1, -0.05) is 18.2 Å². The summed E-state index contributed by atoms with van der Waals surface area (Å²) in [4.78, 5) is 16.2. The molecule has 92 valence electrons. The number of hydrogen-bond acceptors (Lipinski definition) is 4. The van der Waals surface area contributed by atoms with E-state index in [1.54, 1.807) is 0 Å². The molecule has 0 bridgehead atoms. The molecule has 1 aromatic carbocycles. The van der Waals surface area contributed by atoms with Crippen LogP contribution >= 0.6 is 11.3 Å². The van der Waals surface area contributed by atoms with Gasteiger partial charge in [0.2, 0.25) is 0 Å². The molecule has 0 radical (unpaired) electrons. The standard InChI is InChI=1S/C13H12N2O2S/c1-8-7-18-13(14-8)15-12(16)11-6-9-4-2-3-5-10(9)17-11/h2-5,7,11H,6H2,1H3,(H,14,15,16). The summed E-state index contributed by atoms with van der Waals surface area (Å²) < 4.78 is 5.61. The van der Waals surface area contributed by atoms with Gasteiger partial charge in [0.05, 0.1) is 5.69 Å². The molecule has 1 aromatic heterocycles. The van der Waals surface area contributed by atoms with E-state index >= 15 is 0 Å². The highest BCUT2D eigenvalue weighted by molar-refractivity contribution is 7.13. The summed E-state index contributed by atoms with van der Waals surface area (Å²) in [5.41, 5.74) is 1.99. The molecular weight excluding hydrogens is 248 g/mol. The van der Waals surface area contributed by atoms with Gasteiger partial charge in [-0.25, -0.2) is 4.98 Å². The summed E-state index contributed by atoms with van der Waals surface area (Å²) >= 11 is 1.42. The maximum Gasteiger partial charge on any atom is 0.267 e. The number of carbonyl (C=O) groups is 1. The van der Waals surface area contributed by atoms with Crippen LogP contribution in [0.15, 0.2) is 29.6 Å². The van der Waals surface area contributed by atoms with Gasteiger partial charge in [-0.05, 0) is 18.6 Å². The lowest BCUT2D eigenvalue weighted by Crippen LogP contribution is -2.31. The molecule has 1 aliphatic rings. The minimum atomic E-state index is -0.452. The number of hydrogen-bond donors (Lipinski definition) is 1. The number of nitrogens with zero attached hydrogens (tertiary/aromatic N) is 1. The maximum atomic E-state index is 12.0. The minimum Gasteiger partial charge on any atom is -0.480 e. The molecule has 1 unspecified atom stereocenters. The van der Waals surface area contributed by atoms with Gasteiger partial charge in [0.1, 0.15) is 5.75 Å². The molecule has 1 amide bonds. The molecule has 3 rings (SSSR count). The Morgan fingerprint density at radius 3 is 3.06 bits per heavy atom. The second-order valence-electron chi connectivity index (χ2n) is 4.20. The summed E-state index contributed by atoms with van der Waals surface area (Å²) in [5, 5.41) is 5.31. The Bertz CT molecular complexity index is 569. The average molecular weight is 260 g/mol. The molecule has 1 N–H and O–H groups in total. The van der Waals surface area contributed by atoms with Gasteiger partial charge in [-0.3, -0.25) is 10.1 Å². The van der Waals surface area contributed by atoms with Gasteiger partial charge in [0, 0.05) is 11.8 Å². The van der Waals surface area contributed by atoms with Crippen LogP contribution in [0.4, 0.5) is 5.13 Å². The number of anilines is 1. The van der Waals surface area contributed by atoms with E-state index in [9.17, 15) is 4.79 Å². The van der Waals surface area contributed by atoms with Crippen molar-refractivity contribution in [1.82, 2.24) is 4.98 Å². The SMILES string of the molecule is Cc1csc(NC(=O)C2Cc3ccccc3O2)n1. The molecule has 0 saturated carbocycles. The van der Waals surface area contributed by atoms with Crippen molar-refractivity contribution in [2.24, 2.45) is 0 Å². The molecule has 1 atom stereocenters. The second-order valence-corrected chi connectivity index (χ2v) is 5.06. The molecule has 4 nitrogen and oxygen atoms in total. The molecule has 5 heteroatoms. The van der Waals surface area contributed by atoms with Gasteiger partial charge in [-0.15, -0.1) is 11.3 Å². The second kappa shape index (κ2) is 4.42. The largest absolute Gasteiger partial charge is 0.480 e. The first kappa shape index (κ1) is 11.2. The predicted molar refractivity (Wildman–Crippen MR) is 70.0 cm³/mol. The molecule has 0 spiro atoms. The quantitative estimate of drug-likeness (QED) is 0.902. The van der Waals surface area contributed by atoms with Crippen molar-refractivity contribution in [1.29, 1.82) is 0 Å². The van der Waals surface area contributed by atoms with Crippen LogP contribution in [-0.2, 0) is 11.2 Å². The van der Waals surface area contributed by atoms with Crippen LogP contribution in [0.3, 0.4) is 0 Å². The van der Waals surface area contributed by atoms with E-state index in [1.165, 1.54) is 11.3 Å². The smallest absolute Gasteiger partial charge is 0.267 e. The first-order valence-corrected chi connectivity index (χ1v) is 6.58. The van der Waals surface area contributed by atoms with E-state index in [0.29, 0.717) is 11.6 Å². The number of fused-ring (bicyclic) bond motifs is 1. The highest BCUT2D eigenvalue weighted by Gasteiger charge is 2.29. The van der Waals surface area contributed by atoms with E-state index in [-0.39, 0.29) is 5.91 Å². The number of nitrogens with one attached hydrogen (secondary N) is 1. The van der Waals surface area contributed by atoms with Gasteiger partial charge in [0.25, 0.3) is 5.91 Å². The van der Waals surface area contributed by atoms with E-state index in [0.717, 1.165) is 17.0 Å². The van der Waals surface area contributed by atoms with E-state index in [2.05, 4.69) is 10.3 Å². The summed E-state index contributed by atoms with van der Waals surface area (Å²) in [5.74, 6) is 0.661. The van der Waals surface area contributed by atoms with Crippen LogP contribution in [0.1, 0.15) is 11.3 Å². The van der Waals surface area contributed by atoms with E-state index in [1.807, 2.05) is 36.6 Å². The van der Waals surface area contributed by atoms with Crippen molar-refractivity contribution < 1.29 is 9.53 Å². The molecule has 18 heavy (non-hydrogen) atoms. The Balaban J connectivity index is 1.69. The topological polar surface area (TPSA) is 51.2 Å². The van der Waals surface area contributed by atoms with Crippen LogP contribution in [0.25, 0.3) is 0 Å². The van der Waals surface area contributed by atoms with E-state index in [4.69, 9.17) is 4.74 Å². The lowest BCUT2D eigenvalue weighted by molar-refractivity contribution is -0.122. The highest BCUT2D eigenvalue weighted by atomic mass is 32.1. The van der Waals surface area contributed by atoms with E-state index < -0.39 is 6.10 Å². The highest BCUT2D eigenvalue weighted by Crippen LogP contribution is 2.28.